The van der Waals surface area contributed by atoms with E-state index in [2.05, 4.69) is 22.3 Å². The van der Waals surface area contributed by atoms with E-state index in [1.807, 2.05) is 24.0 Å². The van der Waals surface area contributed by atoms with Gasteiger partial charge in [0.05, 0.1) is 19.1 Å². The summed E-state index contributed by atoms with van der Waals surface area (Å²) >= 11 is 0. The van der Waals surface area contributed by atoms with Gasteiger partial charge in [-0.2, -0.15) is 0 Å². The van der Waals surface area contributed by atoms with Gasteiger partial charge in [-0.1, -0.05) is 0 Å². The van der Waals surface area contributed by atoms with Gasteiger partial charge in [0, 0.05) is 31.0 Å². The predicted molar refractivity (Wildman–Crippen MR) is 107 cm³/mol. The summed E-state index contributed by atoms with van der Waals surface area (Å²) < 4.78 is 5.12. The Morgan fingerprint density at radius 3 is 2.52 bits per heavy atom. The Labute approximate surface area is 161 Å². The van der Waals surface area contributed by atoms with E-state index in [9.17, 15) is 9.59 Å². The third-order valence-corrected chi connectivity index (χ3v) is 5.36. The molecule has 3 rings (SSSR count). The Morgan fingerprint density at radius 1 is 1.07 bits per heavy atom. The molecule has 1 amide bonds. The molecule has 27 heavy (non-hydrogen) atoms. The van der Waals surface area contributed by atoms with Crippen LogP contribution >= 0.6 is 0 Å². The van der Waals surface area contributed by atoms with Crippen molar-refractivity contribution in [1.29, 1.82) is 0 Å². The van der Waals surface area contributed by atoms with Crippen molar-refractivity contribution in [2.24, 2.45) is 5.92 Å². The lowest BCUT2D eigenvalue weighted by atomic mass is 9.98. The van der Waals surface area contributed by atoms with Crippen molar-refractivity contribution < 1.29 is 14.3 Å². The van der Waals surface area contributed by atoms with Gasteiger partial charge >= 0.3 is 5.97 Å². The number of likely N-dealkylation sites (tertiary alicyclic amines) is 1. The van der Waals surface area contributed by atoms with Crippen LogP contribution in [0.25, 0.3) is 0 Å². The molecule has 0 aromatic heterocycles. The molecular weight excluding hydrogens is 342 g/mol. The van der Waals surface area contributed by atoms with Gasteiger partial charge in [0.25, 0.3) is 0 Å². The number of hydrogen-bond acceptors (Lipinski definition) is 5. The lowest BCUT2D eigenvalue weighted by molar-refractivity contribution is -0.150. The zero-order chi connectivity index (χ0) is 19.1. The first-order chi connectivity index (χ1) is 13.2. The molecule has 6 nitrogen and oxygen atoms in total. The van der Waals surface area contributed by atoms with Crippen LogP contribution < -0.4 is 10.2 Å². The van der Waals surface area contributed by atoms with Crippen molar-refractivity contribution in [1.82, 2.24) is 4.90 Å². The number of carbonyl (C=O) groups is 2. The van der Waals surface area contributed by atoms with Crippen molar-refractivity contribution in [2.45, 2.75) is 39.0 Å². The van der Waals surface area contributed by atoms with Gasteiger partial charge in [-0.15, -0.1) is 0 Å². The van der Waals surface area contributed by atoms with E-state index < -0.39 is 0 Å². The van der Waals surface area contributed by atoms with Gasteiger partial charge < -0.3 is 15.0 Å². The van der Waals surface area contributed by atoms with Crippen LogP contribution in [0, 0.1) is 5.92 Å². The number of rotatable bonds is 6. The maximum atomic E-state index is 12.4. The van der Waals surface area contributed by atoms with E-state index >= 15 is 0 Å². The normalized spacial score (nSPS) is 20.9. The fourth-order valence-corrected chi connectivity index (χ4v) is 3.96. The first-order valence-electron chi connectivity index (χ1n) is 10.2. The molecule has 148 valence electrons. The molecule has 0 unspecified atom stereocenters. The van der Waals surface area contributed by atoms with Crippen molar-refractivity contribution in [3.63, 3.8) is 0 Å². The van der Waals surface area contributed by atoms with Crippen LogP contribution in [0.2, 0.25) is 0 Å². The highest BCUT2D eigenvalue weighted by Crippen LogP contribution is 2.22. The molecule has 1 atom stereocenters. The number of piperidine rings is 2. The molecule has 1 N–H and O–H groups in total. The fourth-order valence-electron chi connectivity index (χ4n) is 3.96. The Hall–Kier alpha value is -2.08. The van der Waals surface area contributed by atoms with Crippen LogP contribution in [0.5, 0.6) is 0 Å². The highest BCUT2D eigenvalue weighted by atomic mass is 16.5. The summed E-state index contributed by atoms with van der Waals surface area (Å²) in [5.41, 5.74) is 2.04. The van der Waals surface area contributed by atoms with Crippen LogP contribution in [0.3, 0.4) is 0 Å². The van der Waals surface area contributed by atoms with E-state index in [1.54, 1.807) is 0 Å². The van der Waals surface area contributed by atoms with Gasteiger partial charge in [-0.25, -0.2) is 0 Å². The zero-order valence-electron chi connectivity index (χ0n) is 16.3. The number of nitrogens with zero attached hydrogens (tertiary/aromatic N) is 2. The molecule has 1 aromatic rings. The molecule has 0 aliphatic carbocycles. The third-order valence-electron chi connectivity index (χ3n) is 5.36. The number of hydrogen-bond donors (Lipinski definition) is 1. The van der Waals surface area contributed by atoms with Crippen LogP contribution in [-0.4, -0.2) is 56.1 Å². The van der Waals surface area contributed by atoms with Crippen LogP contribution in [0.15, 0.2) is 24.3 Å². The fraction of sp³-hybridized carbons (Fsp3) is 0.619. The first-order valence-corrected chi connectivity index (χ1v) is 10.2. The summed E-state index contributed by atoms with van der Waals surface area (Å²) in [6.07, 6.45) is 5.58. The van der Waals surface area contributed by atoms with Crippen molar-refractivity contribution >= 4 is 23.3 Å². The molecule has 2 heterocycles. The summed E-state index contributed by atoms with van der Waals surface area (Å²) in [7, 11) is 0. The second-order valence-electron chi connectivity index (χ2n) is 7.47. The standard InChI is InChI=1S/C21H31N3O3/c1-2-27-21(26)17-7-6-12-23(15-17)16-20(25)22-18-8-10-19(11-9-18)24-13-4-3-5-14-24/h8-11,17H,2-7,12-16H2,1H3,(H,22,25)/t17-/m0/s1. The van der Waals surface area contributed by atoms with Gasteiger partial charge in [-0.05, 0) is 69.8 Å². The number of esters is 1. The summed E-state index contributed by atoms with van der Waals surface area (Å²) in [6.45, 7) is 6.21. The number of carbonyl (C=O) groups excluding carboxylic acids is 2. The van der Waals surface area contributed by atoms with Gasteiger partial charge in [-0.3, -0.25) is 14.5 Å². The molecule has 0 spiro atoms. The lowest BCUT2D eigenvalue weighted by Gasteiger charge is -2.31. The largest absolute Gasteiger partial charge is 0.466 e. The quantitative estimate of drug-likeness (QED) is 0.777. The smallest absolute Gasteiger partial charge is 0.310 e. The second-order valence-corrected chi connectivity index (χ2v) is 7.47. The molecule has 2 saturated heterocycles. The van der Waals surface area contributed by atoms with Gasteiger partial charge in [0.2, 0.25) is 5.91 Å². The van der Waals surface area contributed by atoms with E-state index in [4.69, 9.17) is 4.74 Å². The Morgan fingerprint density at radius 2 is 1.81 bits per heavy atom. The van der Waals surface area contributed by atoms with Crippen molar-refractivity contribution in [3.05, 3.63) is 24.3 Å². The number of ether oxygens (including phenoxy) is 1. The average Bonchev–Trinajstić information content (AvgIpc) is 2.69. The Kier molecular flexibility index (Phi) is 7.10. The number of nitrogens with one attached hydrogen (secondary N) is 1. The molecule has 1 aromatic carbocycles. The minimum atomic E-state index is -0.143. The number of amides is 1. The molecule has 2 aliphatic heterocycles. The molecule has 6 heteroatoms. The summed E-state index contributed by atoms with van der Waals surface area (Å²) in [5.74, 6) is -0.295. The van der Waals surface area contributed by atoms with E-state index in [-0.39, 0.29) is 17.8 Å². The molecule has 0 radical (unpaired) electrons. The maximum absolute atomic E-state index is 12.4. The highest BCUT2D eigenvalue weighted by Gasteiger charge is 2.27. The monoisotopic (exact) mass is 373 g/mol. The lowest BCUT2D eigenvalue weighted by Crippen LogP contribution is -2.43. The summed E-state index contributed by atoms with van der Waals surface area (Å²) in [4.78, 5) is 28.8. The van der Waals surface area contributed by atoms with Crippen molar-refractivity contribution in [2.75, 3.05) is 49.5 Å². The average molecular weight is 373 g/mol. The Bertz CT molecular complexity index is 626. The molecule has 2 aliphatic rings. The van der Waals surface area contributed by atoms with E-state index in [0.29, 0.717) is 19.7 Å². The SMILES string of the molecule is CCOC(=O)[C@H]1CCCN(CC(=O)Nc2ccc(N3CCCCC3)cc2)C1. The molecule has 2 fully saturated rings. The second kappa shape index (κ2) is 9.74. The topological polar surface area (TPSA) is 61.9 Å². The Balaban J connectivity index is 1.47. The van der Waals surface area contributed by atoms with E-state index in [0.717, 1.165) is 38.2 Å². The highest BCUT2D eigenvalue weighted by molar-refractivity contribution is 5.92. The minimum Gasteiger partial charge on any atom is -0.466 e. The maximum Gasteiger partial charge on any atom is 0.310 e. The predicted octanol–water partition coefficient (Wildman–Crippen LogP) is 2.89. The third kappa shape index (κ3) is 5.70. The number of anilines is 2. The molecule has 0 saturated carbocycles. The van der Waals surface area contributed by atoms with Crippen LogP contribution in [-0.2, 0) is 14.3 Å². The van der Waals surface area contributed by atoms with E-state index in [1.165, 1.54) is 24.9 Å². The van der Waals surface area contributed by atoms with Crippen molar-refractivity contribution in [3.8, 4) is 0 Å². The summed E-state index contributed by atoms with van der Waals surface area (Å²) in [6, 6.07) is 8.11. The minimum absolute atomic E-state index is 0.0368. The molecule has 0 bridgehead atoms. The number of benzene rings is 1. The van der Waals surface area contributed by atoms with Crippen LogP contribution in [0.1, 0.15) is 39.0 Å². The zero-order valence-corrected chi connectivity index (χ0v) is 16.3. The van der Waals surface area contributed by atoms with Crippen LogP contribution in [0.4, 0.5) is 11.4 Å². The van der Waals surface area contributed by atoms with Gasteiger partial charge in [0.1, 0.15) is 0 Å². The first kappa shape index (κ1) is 19.7. The van der Waals surface area contributed by atoms with Gasteiger partial charge in [0.15, 0.2) is 0 Å². The molecular formula is C21H31N3O3. The summed E-state index contributed by atoms with van der Waals surface area (Å²) in [5, 5.41) is 2.97.